The molecule has 1 amide bonds. The highest BCUT2D eigenvalue weighted by Gasteiger charge is 2.15. The maximum Gasteiger partial charge on any atom is 0.338 e. The van der Waals surface area contributed by atoms with Gasteiger partial charge in [0.05, 0.1) is 12.1 Å². The van der Waals surface area contributed by atoms with E-state index >= 15 is 0 Å². The molecule has 0 N–H and O–H groups in total. The first-order chi connectivity index (χ1) is 12.5. The molecule has 2 aromatic heterocycles. The molecule has 3 aromatic rings. The van der Waals surface area contributed by atoms with E-state index < -0.39 is 5.97 Å². The number of carbonyl (C=O) groups excluding carboxylic acids is 2. The van der Waals surface area contributed by atoms with Crippen LogP contribution in [-0.4, -0.2) is 35.0 Å². The largest absolute Gasteiger partial charge is 0.464 e. The number of esters is 1. The normalized spacial score (nSPS) is 10.5. The molecule has 0 spiro atoms. The van der Waals surface area contributed by atoms with E-state index in [-0.39, 0.29) is 12.5 Å². The number of carbonyl (C=O) groups is 2. The summed E-state index contributed by atoms with van der Waals surface area (Å²) in [7, 11) is 1.64. The summed E-state index contributed by atoms with van der Waals surface area (Å²) >= 11 is 0. The Bertz CT molecular complexity index is 879. The molecule has 0 fully saturated rings. The van der Waals surface area contributed by atoms with Crippen LogP contribution in [0.5, 0.6) is 0 Å². The van der Waals surface area contributed by atoms with Crippen molar-refractivity contribution in [2.24, 2.45) is 0 Å². The fourth-order valence-electron chi connectivity index (χ4n) is 2.49. The number of hydrogen-bond acceptors (Lipinski definition) is 4. The molecule has 26 heavy (non-hydrogen) atoms. The van der Waals surface area contributed by atoms with Gasteiger partial charge in [-0.15, -0.1) is 0 Å². The lowest BCUT2D eigenvalue weighted by atomic mass is 10.2. The average molecular weight is 352 g/mol. The van der Waals surface area contributed by atoms with Crippen molar-refractivity contribution >= 4 is 11.9 Å². The van der Waals surface area contributed by atoms with Crippen LogP contribution in [-0.2, 0) is 16.1 Å². The molecule has 134 valence electrons. The highest BCUT2D eigenvalue weighted by atomic mass is 16.5. The van der Waals surface area contributed by atoms with Crippen LogP contribution in [0.4, 0.5) is 0 Å². The third kappa shape index (κ3) is 4.22. The summed E-state index contributed by atoms with van der Waals surface area (Å²) in [4.78, 5) is 25.7. The Morgan fingerprint density at radius 1 is 1.08 bits per heavy atom. The van der Waals surface area contributed by atoms with Gasteiger partial charge in [0.25, 0.3) is 5.91 Å². The first-order valence-corrected chi connectivity index (χ1v) is 8.23. The monoisotopic (exact) mass is 352 g/mol. The van der Waals surface area contributed by atoms with Crippen LogP contribution in [0.3, 0.4) is 0 Å². The number of amides is 1. The number of ether oxygens (including phenoxy) is 1. The Balaban J connectivity index is 1.52. The lowest BCUT2D eigenvalue weighted by Gasteiger charge is -2.15. The average Bonchev–Trinajstić information content (AvgIpc) is 3.31. The van der Waals surface area contributed by atoms with E-state index in [4.69, 9.17) is 9.15 Å². The van der Waals surface area contributed by atoms with Crippen LogP contribution in [0.25, 0.3) is 5.69 Å². The first-order valence-electron chi connectivity index (χ1n) is 8.23. The highest BCUT2D eigenvalue weighted by Crippen LogP contribution is 2.12. The molecule has 0 radical (unpaired) electrons. The van der Waals surface area contributed by atoms with Gasteiger partial charge in [0.15, 0.2) is 6.61 Å². The lowest BCUT2D eigenvalue weighted by molar-refractivity contribution is -0.134. The number of likely N-dealkylation sites (N-methyl/N-ethyl adjacent to an activating group) is 1. The molecule has 0 atom stereocenters. The molecule has 0 aliphatic heterocycles. The van der Waals surface area contributed by atoms with Crippen molar-refractivity contribution in [3.8, 4) is 5.69 Å². The smallest absolute Gasteiger partial charge is 0.338 e. The predicted molar refractivity (Wildman–Crippen MR) is 96.0 cm³/mol. The Hall–Kier alpha value is -3.28. The lowest BCUT2D eigenvalue weighted by Crippen LogP contribution is -2.30. The van der Waals surface area contributed by atoms with Crippen molar-refractivity contribution < 1.29 is 18.7 Å². The van der Waals surface area contributed by atoms with Crippen molar-refractivity contribution in [2.45, 2.75) is 13.5 Å². The van der Waals surface area contributed by atoms with Crippen molar-refractivity contribution in [3.05, 3.63) is 78.0 Å². The third-order valence-electron chi connectivity index (χ3n) is 3.95. The first kappa shape index (κ1) is 17.5. The second kappa shape index (κ2) is 7.74. The number of hydrogen-bond donors (Lipinski definition) is 0. The maximum absolute atomic E-state index is 12.1. The molecule has 6 nitrogen and oxygen atoms in total. The van der Waals surface area contributed by atoms with Crippen LogP contribution in [0.1, 0.15) is 21.9 Å². The van der Waals surface area contributed by atoms with Gasteiger partial charge in [-0.25, -0.2) is 4.79 Å². The summed E-state index contributed by atoms with van der Waals surface area (Å²) in [6.07, 6.45) is 3.84. The Morgan fingerprint density at radius 3 is 2.38 bits per heavy atom. The molecule has 0 bridgehead atoms. The van der Waals surface area contributed by atoms with Gasteiger partial charge in [-0.1, -0.05) is 0 Å². The molecule has 2 heterocycles. The Kier molecular flexibility index (Phi) is 5.22. The molecule has 0 saturated carbocycles. The van der Waals surface area contributed by atoms with Gasteiger partial charge >= 0.3 is 5.97 Å². The van der Waals surface area contributed by atoms with Gasteiger partial charge in [0.1, 0.15) is 11.5 Å². The second-order valence-electron chi connectivity index (χ2n) is 5.98. The van der Waals surface area contributed by atoms with Gasteiger partial charge in [0.2, 0.25) is 0 Å². The van der Waals surface area contributed by atoms with Crippen molar-refractivity contribution in [1.82, 2.24) is 9.47 Å². The van der Waals surface area contributed by atoms with Crippen LogP contribution >= 0.6 is 0 Å². The summed E-state index contributed by atoms with van der Waals surface area (Å²) in [5.74, 6) is 0.650. The van der Waals surface area contributed by atoms with Crippen molar-refractivity contribution in [1.29, 1.82) is 0 Å². The molecule has 0 aliphatic carbocycles. The van der Waals surface area contributed by atoms with E-state index in [0.717, 1.165) is 11.4 Å². The van der Waals surface area contributed by atoms with E-state index in [9.17, 15) is 9.59 Å². The molecule has 1 aromatic carbocycles. The fourth-order valence-corrected chi connectivity index (χ4v) is 2.49. The Morgan fingerprint density at radius 2 is 1.77 bits per heavy atom. The number of rotatable bonds is 6. The van der Waals surface area contributed by atoms with E-state index in [0.29, 0.717) is 17.9 Å². The minimum Gasteiger partial charge on any atom is -0.464 e. The van der Waals surface area contributed by atoms with E-state index in [1.165, 1.54) is 4.90 Å². The third-order valence-corrected chi connectivity index (χ3v) is 3.95. The van der Waals surface area contributed by atoms with E-state index in [2.05, 4.69) is 0 Å². The molecule has 0 saturated heterocycles. The maximum atomic E-state index is 12.1. The number of aromatic nitrogens is 1. The van der Waals surface area contributed by atoms with Gasteiger partial charge < -0.3 is 18.6 Å². The standard InChI is InChI=1S/C20H20N2O4/c1-15-5-10-18(26-15)13-21(2)19(23)14-25-20(24)16-6-8-17(9-7-16)22-11-3-4-12-22/h3-12H,13-14H2,1-2H3. The summed E-state index contributed by atoms with van der Waals surface area (Å²) < 4.78 is 12.5. The second-order valence-corrected chi connectivity index (χ2v) is 5.98. The number of benzene rings is 1. The van der Waals surface area contributed by atoms with Crippen LogP contribution in [0.15, 0.2) is 65.3 Å². The minimum atomic E-state index is -0.528. The van der Waals surface area contributed by atoms with Gasteiger partial charge in [-0.2, -0.15) is 0 Å². The van der Waals surface area contributed by atoms with Crippen LogP contribution in [0.2, 0.25) is 0 Å². The fraction of sp³-hybridized carbons (Fsp3) is 0.200. The molecule has 0 unspecified atom stereocenters. The summed E-state index contributed by atoms with van der Waals surface area (Å²) in [6, 6.07) is 14.5. The van der Waals surface area contributed by atoms with Gasteiger partial charge in [-0.05, 0) is 55.5 Å². The molecular weight excluding hydrogens is 332 g/mol. The van der Waals surface area contributed by atoms with E-state index in [1.807, 2.05) is 60.3 Å². The zero-order chi connectivity index (χ0) is 18.5. The Labute approximate surface area is 151 Å². The highest BCUT2D eigenvalue weighted by molar-refractivity contribution is 5.91. The summed E-state index contributed by atoms with van der Waals surface area (Å²) in [6.45, 7) is 1.86. The molecule has 6 heteroatoms. The quantitative estimate of drug-likeness (QED) is 0.639. The van der Waals surface area contributed by atoms with Gasteiger partial charge in [-0.3, -0.25) is 4.79 Å². The SMILES string of the molecule is Cc1ccc(CN(C)C(=O)COC(=O)c2ccc(-n3cccc3)cc2)o1. The molecular formula is C20H20N2O4. The number of nitrogens with zero attached hydrogens (tertiary/aromatic N) is 2. The van der Waals surface area contributed by atoms with E-state index in [1.54, 1.807) is 19.2 Å². The van der Waals surface area contributed by atoms with Crippen LogP contribution < -0.4 is 0 Å². The molecule has 0 aliphatic rings. The van der Waals surface area contributed by atoms with Gasteiger partial charge in [0, 0.05) is 25.1 Å². The minimum absolute atomic E-state index is 0.295. The predicted octanol–water partition coefficient (Wildman–Crippen LogP) is 3.19. The zero-order valence-electron chi connectivity index (χ0n) is 14.7. The zero-order valence-corrected chi connectivity index (χ0v) is 14.7. The number of aryl methyl sites for hydroxylation is 1. The number of furan rings is 1. The van der Waals surface area contributed by atoms with Crippen molar-refractivity contribution in [3.63, 3.8) is 0 Å². The van der Waals surface area contributed by atoms with Crippen LogP contribution in [0, 0.1) is 6.92 Å². The topological polar surface area (TPSA) is 64.7 Å². The molecule has 3 rings (SSSR count). The summed E-state index contributed by atoms with van der Waals surface area (Å²) in [5, 5.41) is 0. The van der Waals surface area contributed by atoms with Crippen molar-refractivity contribution in [2.75, 3.05) is 13.7 Å². The summed E-state index contributed by atoms with van der Waals surface area (Å²) in [5.41, 5.74) is 1.34.